The molecule has 0 bridgehead atoms. The quantitative estimate of drug-likeness (QED) is 0.417. The third-order valence-electron chi connectivity index (χ3n) is 2.08. The number of nitrogens with zero attached hydrogens (tertiary/aromatic N) is 1. The fraction of sp³-hybridized carbons (Fsp3) is 0.273. The normalized spacial score (nSPS) is 11.5. The van der Waals surface area contributed by atoms with Crippen molar-refractivity contribution < 1.29 is 9.53 Å². The average molecular weight is 221 g/mol. The number of benzene rings is 1. The van der Waals surface area contributed by atoms with Gasteiger partial charge in [-0.2, -0.15) is 0 Å². The van der Waals surface area contributed by atoms with E-state index < -0.39 is 0 Å². The zero-order chi connectivity index (χ0) is 11.8. The van der Waals surface area contributed by atoms with Crippen molar-refractivity contribution in [2.24, 2.45) is 16.5 Å². The van der Waals surface area contributed by atoms with Gasteiger partial charge in [0.05, 0.1) is 0 Å². The standard InChI is InChI=1S/C11H15N3O2/c12-11(13)14-7-6-10(16-8-15)9-4-2-1-3-5-9/h1-5,8,10H,6-7H2,(H4,12,13,14). The lowest BCUT2D eigenvalue weighted by Crippen LogP contribution is -2.23. The Morgan fingerprint density at radius 2 is 2.06 bits per heavy atom. The molecular formula is C11H15N3O2. The summed E-state index contributed by atoms with van der Waals surface area (Å²) in [6, 6.07) is 9.46. The molecule has 4 N–H and O–H groups in total. The highest BCUT2D eigenvalue weighted by atomic mass is 16.5. The van der Waals surface area contributed by atoms with Crippen LogP contribution in [0.15, 0.2) is 35.3 Å². The molecule has 0 heterocycles. The van der Waals surface area contributed by atoms with Gasteiger partial charge < -0.3 is 16.2 Å². The largest absolute Gasteiger partial charge is 0.460 e. The Morgan fingerprint density at radius 1 is 1.38 bits per heavy atom. The van der Waals surface area contributed by atoms with Gasteiger partial charge in [-0.05, 0) is 5.56 Å². The van der Waals surface area contributed by atoms with Crippen LogP contribution in [0, 0.1) is 0 Å². The summed E-state index contributed by atoms with van der Waals surface area (Å²) in [6.45, 7) is 0.864. The third kappa shape index (κ3) is 4.00. The predicted octanol–water partition coefficient (Wildman–Crippen LogP) is 0.564. The molecule has 86 valence electrons. The second-order valence-corrected chi connectivity index (χ2v) is 3.23. The summed E-state index contributed by atoms with van der Waals surface area (Å²) in [7, 11) is 0. The van der Waals surface area contributed by atoms with Crippen molar-refractivity contribution in [3.05, 3.63) is 35.9 Å². The summed E-state index contributed by atoms with van der Waals surface area (Å²) in [5.74, 6) is 0.0397. The summed E-state index contributed by atoms with van der Waals surface area (Å²) in [6.07, 6.45) is 0.252. The molecule has 1 aromatic rings. The zero-order valence-corrected chi connectivity index (χ0v) is 8.87. The van der Waals surface area contributed by atoms with E-state index in [0.29, 0.717) is 19.4 Å². The third-order valence-corrected chi connectivity index (χ3v) is 2.08. The second kappa shape index (κ2) is 6.44. The van der Waals surface area contributed by atoms with Crippen molar-refractivity contribution in [3.8, 4) is 0 Å². The van der Waals surface area contributed by atoms with Crippen LogP contribution in [0.4, 0.5) is 0 Å². The first-order valence-electron chi connectivity index (χ1n) is 4.93. The number of carbonyl (C=O) groups is 1. The van der Waals surface area contributed by atoms with Crippen LogP contribution in [0.5, 0.6) is 0 Å². The summed E-state index contributed by atoms with van der Waals surface area (Å²) >= 11 is 0. The Bertz CT molecular complexity index is 348. The van der Waals surface area contributed by atoms with E-state index in [-0.39, 0.29) is 12.1 Å². The topological polar surface area (TPSA) is 90.7 Å². The van der Waals surface area contributed by atoms with Crippen LogP contribution >= 0.6 is 0 Å². The summed E-state index contributed by atoms with van der Waals surface area (Å²) in [4.78, 5) is 14.2. The van der Waals surface area contributed by atoms with Gasteiger partial charge in [0, 0.05) is 13.0 Å². The van der Waals surface area contributed by atoms with Gasteiger partial charge in [0.1, 0.15) is 6.10 Å². The number of hydrogen-bond donors (Lipinski definition) is 2. The molecule has 1 rings (SSSR count). The monoisotopic (exact) mass is 221 g/mol. The van der Waals surface area contributed by atoms with Crippen molar-refractivity contribution in [1.82, 2.24) is 0 Å². The van der Waals surface area contributed by atoms with Gasteiger partial charge in [-0.3, -0.25) is 9.79 Å². The van der Waals surface area contributed by atoms with Gasteiger partial charge >= 0.3 is 0 Å². The van der Waals surface area contributed by atoms with Crippen LogP contribution < -0.4 is 11.5 Å². The molecule has 0 aromatic heterocycles. The number of nitrogens with two attached hydrogens (primary N) is 2. The van der Waals surface area contributed by atoms with Crippen LogP contribution in [0.2, 0.25) is 0 Å². The number of rotatable bonds is 6. The molecule has 0 amide bonds. The lowest BCUT2D eigenvalue weighted by Gasteiger charge is -2.14. The average Bonchev–Trinajstić information content (AvgIpc) is 2.29. The Labute approximate surface area is 94.1 Å². The van der Waals surface area contributed by atoms with E-state index >= 15 is 0 Å². The first-order chi connectivity index (χ1) is 7.74. The van der Waals surface area contributed by atoms with E-state index in [0.717, 1.165) is 5.56 Å². The maximum atomic E-state index is 10.4. The molecule has 0 fully saturated rings. The molecule has 0 spiro atoms. The first-order valence-corrected chi connectivity index (χ1v) is 4.93. The molecule has 0 aliphatic heterocycles. The van der Waals surface area contributed by atoms with Crippen LogP contribution in [-0.4, -0.2) is 19.0 Å². The van der Waals surface area contributed by atoms with Crippen molar-refractivity contribution in [2.75, 3.05) is 6.54 Å². The van der Waals surface area contributed by atoms with Gasteiger partial charge in [-0.15, -0.1) is 0 Å². The molecule has 0 aliphatic rings. The maximum Gasteiger partial charge on any atom is 0.293 e. The molecular weight excluding hydrogens is 206 g/mol. The van der Waals surface area contributed by atoms with E-state index in [1.165, 1.54) is 0 Å². The molecule has 16 heavy (non-hydrogen) atoms. The van der Waals surface area contributed by atoms with Crippen molar-refractivity contribution in [1.29, 1.82) is 0 Å². The van der Waals surface area contributed by atoms with Crippen molar-refractivity contribution in [2.45, 2.75) is 12.5 Å². The minimum absolute atomic E-state index is 0.0397. The van der Waals surface area contributed by atoms with E-state index in [4.69, 9.17) is 16.2 Å². The van der Waals surface area contributed by atoms with Crippen LogP contribution in [0.1, 0.15) is 18.1 Å². The molecule has 1 aromatic carbocycles. The summed E-state index contributed by atoms with van der Waals surface area (Å²) in [5.41, 5.74) is 11.3. The number of guanidine groups is 1. The van der Waals surface area contributed by atoms with E-state index in [2.05, 4.69) is 4.99 Å². The molecule has 5 heteroatoms. The Morgan fingerprint density at radius 3 is 2.62 bits per heavy atom. The molecule has 0 saturated heterocycles. The molecule has 1 unspecified atom stereocenters. The Hall–Kier alpha value is -2.04. The van der Waals surface area contributed by atoms with E-state index in [1.807, 2.05) is 30.3 Å². The van der Waals surface area contributed by atoms with Gasteiger partial charge in [-0.1, -0.05) is 30.3 Å². The Balaban J connectivity index is 2.61. The summed E-state index contributed by atoms with van der Waals surface area (Å²) < 4.78 is 4.98. The number of carbonyl (C=O) groups excluding carboxylic acids is 1. The van der Waals surface area contributed by atoms with Crippen LogP contribution in [0.3, 0.4) is 0 Å². The maximum absolute atomic E-state index is 10.4. The van der Waals surface area contributed by atoms with E-state index in [9.17, 15) is 4.79 Å². The van der Waals surface area contributed by atoms with Crippen LogP contribution in [0.25, 0.3) is 0 Å². The number of hydrogen-bond acceptors (Lipinski definition) is 3. The van der Waals surface area contributed by atoms with Gasteiger partial charge in [-0.25, -0.2) is 0 Å². The van der Waals surface area contributed by atoms with Crippen LogP contribution in [-0.2, 0) is 9.53 Å². The lowest BCUT2D eigenvalue weighted by atomic mass is 10.1. The zero-order valence-electron chi connectivity index (χ0n) is 8.87. The van der Waals surface area contributed by atoms with Gasteiger partial charge in [0.25, 0.3) is 6.47 Å². The Kier molecular flexibility index (Phi) is 4.85. The highest BCUT2D eigenvalue weighted by Gasteiger charge is 2.10. The fourth-order valence-electron chi connectivity index (χ4n) is 1.36. The smallest absolute Gasteiger partial charge is 0.293 e. The second-order valence-electron chi connectivity index (χ2n) is 3.23. The number of ether oxygens (including phenoxy) is 1. The van der Waals surface area contributed by atoms with Crippen molar-refractivity contribution >= 4 is 12.4 Å². The molecule has 0 saturated carbocycles. The molecule has 0 radical (unpaired) electrons. The van der Waals surface area contributed by atoms with Crippen molar-refractivity contribution in [3.63, 3.8) is 0 Å². The SMILES string of the molecule is NC(N)=NCCC(OC=O)c1ccccc1. The molecule has 1 atom stereocenters. The van der Waals surface area contributed by atoms with Gasteiger partial charge in [0.15, 0.2) is 5.96 Å². The predicted molar refractivity (Wildman–Crippen MR) is 61.6 cm³/mol. The minimum atomic E-state index is -0.304. The number of aliphatic imine (C=N–C) groups is 1. The molecule has 5 nitrogen and oxygen atoms in total. The van der Waals surface area contributed by atoms with Gasteiger partial charge in [0.2, 0.25) is 0 Å². The van der Waals surface area contributed by atoms with E-state index in [1.54, 1.807) is 0 Å². The summed E-state index contributed by atoms with van der Waals surface area (Å²) in [5, 5.41) is 0. The minimum Gasteiger partial charge on any atom is -0.460 e. The fourth-order valence-corrected chi connectivity index (χ4v) is 1.36. The molecule has 0 aliphatic carbocycles. The first kappa shape index (κ1) is 12.0. The highest BCUT2D eigenvalue weighted by Crippen LogP contribution is 2.19. The lowest BCUT2D eigenvalue weighted by molar-refractivity contribution is -0.134. The highest BCUT2D eigenvalue weighted by molar-refractivity contribution is 5.75.